The van der Waals surface area contributed by atoms with Gasteiger partial charge in [-0.25, -0.2) is 0 Å². The van der Waals surface area contributed by atoms with Crippen LogP contribution in [0.15, 0.2) is 36.9 Å². The van der Waals surface area contributed by atoms with Crippen LogP contribution in [0.4, 0.5) is 11.4 Å². The molecule has 1 heterocycles. The van der Waals surface area contributed by atoms with E-state index in [9.17, 15) is 4.79 Å². The highest BCUT2D eigenvalue weighted by Gasteiger charge is 2.20. The van der Waals surface area contributed by atoms with E-state index >= 15 is 0 Å². The summed E-state index contributed by atoms with van der Waals surface area (Å²) in [5.74, 6) is 0.654. The smallest absolute Gasteiger partial charge is 0.253 e. The van der Waals surface area contributed by atoms with E-state index in [1.54, 1.807) is 13.0 Å². The quantitative estimate of drug-likeness (QED) is 0.736. The molecule has 1 aliphatic heterocycles. The van der Waals surface area contributed by atoms with Gasteiger partial charge < -0.3 is 19.9 Å². The number of ether oxygens (including phenoxy) is 1. The third-order valence-corrected chi connectivity index (χ3v) is 4.57. The summed E-state index contributed by atoms with van der Waals surface area (Å²) in [4.78, 5) is 16.7. The Morgan fingerprint density at radius 1 is 1.36 bits per heavy atom. The van der Waals surface area contributed by atoms with Gasteiger partial charge in [0.2, 0.25) is 0 Å². The van der Waals surface area contributed by atoms with Gasteiger partial charge in [0.25, 0.3) is 5.91 Å². The fraction of sp³-hybridized carbons (Fsp3) is 0.550. The number of anilines is 2. The number of carbonyl (C=O) groups excluding carboxylic acids is 1. The van der Waals surface area contributed by atoms with Crippen molar-refractivity contribution in [2.45, 2.75) is 25.9 Å². The highest BCUT2D eigenvalue weighted by atomic mass is 16.5. The lowest BCUT2D eigenvalue weighted by Crippen LogP contribution is -2.37. The number of piperidine rings is 1. The maximum atomic E-state index is 12.0. The summed E-state index contributed by atoms with van der Waals surface area (Å²) in [5, 5.41) is 2.89. The number of amides is 1. The fourth-order valence-electron chi connectivity index (χ4n) is 3.18. The summed E-state index contributed by atoms with van der Waals surface area (Å²) in [6.45, 7) is 9.06. The number of benzene rings is 1. The van der Waals surface area contributed by atoms with Crippen LogP contribution in [0.3, 0.4) is 0 Å². The maximum Gasteiger partial charge on any atom is 0.253 e. The van der Waals surface area contributed by atoms with Crippen LogP contribution in [0, 0.1) is 5.92 Å². The van der Waals surface area contributed by atoms with E-state index in [2.05, 4.69) is 47.9 Å². The van der Waals surface area contributed by atoms with Gasteiger partial charge in [-0.3, -0.25) is 4.79 Å². The largest absolute Gasteiger partial charge is 0.372 e. The minimum Gasteiger partial charge on any atom is -0.372 e. The monoisotopic (exact) mass is 345 g/mol. The van der Waals surface area contributed by atoms with E-state index < -0.39 is 6.10 Å². The third-order valence-electron chi connectivity index (χ3n) is 4.57. The average Bonchev–Trinajstić information content (AvgIpc) is 2.60. The van der Waals surface area contributed by atoms with Crippen LogP contribution in [0.25, 0.3) is 0 Å². The molecule has 0 saturated carbocycles. The summed E-state index contributed by atoms with van der Waals surface area (Å²) in [5.41, 5.74) is 2.02. The van der Waals surface area contributed by atoms with Crippen LogP contribution in [-0.4, -0.2) is 57.2 Å². The van der Waals surface area contributed by atoms with Gasteiger partial charge in [-0.1, -0.05) is 6.08 Å². The van der Waals surface area contributed by atoms with Crippen molar-refractivity contribution in [3.63, 3.8) is 0 Å². The Hall–Kier alpha value is -1.85. The normalized spacial score (nSPS) is 16.7. The molecule has 1 amide bonds. The molecule has 1 fully saturated rings. The van der Waals surface area contributed by atoms with E-state index in [1.807, 2.05) is 12.1 Å². The maximum absolute atomic E-state index is 12.0. The standard InChI is InChI=1S/C20H31N3O2/c1-5-14-25-16(2)20(24)21-18-6-8-19(9-7-18)23-12-10-17(11-13-23)15-22(3)4/h5-9,16-17H,1,10-15H2,2-4H3,(H,21,24)/t16-/m0/s1. The molecule has 1 saturated heterocycles. The Balaban J connectivity index is 1.84. The van der Waals surface area contributed by atoms with E-state index in [1.165, 1.54) is 25.1 Å². The second kappa shape index (κ2) is 9.59. The van der Waals surface area contributed by atoms with Gasteiger partial charge in [-0.15, -0.1) is 6.58 Å². The van der Waals surface area contributed by atoms with Gasteiger partial charge >= 0.3 is 0 Å². The van der Waals surface area contributed by atoms with Crippen molar-refractivity contribution in [1.82, 2.24) is 4.90 Å². The van der Waals surface area contributed by atoms with Crippen LogP contribution in [-0.2, 0) is 9.53 Å². The van der Waals surface area contributed by atoms with Crippen molar-refractivity contribution < 1.29 is 9.53 Å². The molecule has 1 N–H and O–H groups in total. The molecule has 0 bridgehead atoms. The molecule has 1 aromatic rings. The van der Waals surface area contributed by atoms with Gasteiger partial charge in [0.1, 0.15) is 6.10 Å². The van der Waals surface area contributed by atoms with Crippen molar-refractivity contribution in [3.8, 4) is 0 Å². The van der Waals surface area contributed by atoms with Gasteiger partial charge in [0, 0.05) is 31.0 Å². The van der Waals surface area contributed by atoms with E-state index in [0.29, 0.717) is 6.61 Å². The van der Waals surface area contributed by atoms with Crippen molar-refractivity contribution in [2.24, 2.45) is 5.92 Å². The Morgan fingerprint density at radius 2 is 2.00 bits per heavy atom. The summed E-state index contributed by atoms with van der Waals surface area (Å²) in [7, 11) is 4.28. The van der Waals surface area contributed by atoms with Gasteiger partial charge in [0.15, 0.2) is 0 Å². The highest BCUT2D eigenvalue weighted by molar-refractivity contribution is 5.94. The van der Waals surface area contributed by atoms with Crippen molar-refractivity contribution >= 4 is 17.3 Å². The summed E-state index contributed by atoms with van der Waals surface area (Å²) >= 11 is 0. The Kier molecular flexibility index (Phi) is 7.47. The lowest BCUT2D eigenvalue weighted by molar-refractivity contribution is -0.125. The highest BCUT2D eigenvalue weighted by Crippen LogP contribution is 2.25. The van der Waals surface area contributed by atoms with Crippen molar-refractivity contribution in [2.75, 3.05) is 50.6 Å². The lowest BCUT2D eigenvalue weighted by atomic mass is 9.96. The molecule has 1 aliphatic rings. The minimum atomic E-state index is -0.492. The van der Waals surface area contributed by atoms with Crippen LogP contribution < -0.4 is 10.2 Å². The molecular weight excluding hydrogens is 314 g/mol. The zero-order valence-corrected chi connectivity index (χ0v) is 15.7. The SMILES string of the molecule is C=CCO[C@@H](C)C(=O)Nc1ccc(N2CCC(CN(C)C)CC2)cc1. The molecule has 138 valence electrons. The predicted octanol–water partition coefficient (Wildman–Crippen LogP) is 2.99. The lowest BCUT2D eigenvalue weighted by Gasteiger charge is -2.34. The molecule has 5 heteroatoms. The number of carbonyl (C=O) groups is 1. The number of nitrogens with one attached hydrogen (secondary N) is 1. The molecule has 0 aromatic heterocycles. The fourth-order valence-corrected chi connectivity index (χ4v) is 3.18. The average molecular weight is 345 g/mol. The topological polar surface area (TPSA) is 44.8 Å². The zero-order valence-electron chi connectivity index (χ0n) is 15.7. The van der Waals surface area contributed by atoms with E-state index in [0.717, 1.165) is 24.7 Å². The van der Waals surface area contributed by atoms with Gasteiger partial charge in [0.05, 0.1) is 6.61 Å². The first-order valence-corrected chi connectivity index (χ1v) is 9.02. The Labute approximate surface area is 151 Å². The molecule has 0 unspecified atom stereocenters. The van der Waals surface area contributed by atoms with Crippen LogP contribution in [0.2, 0.25) is 0 Å². The number of hydrogen-bond acceptors (Lipinski definition) is 4. The van der Waals surface area contributed by atoms with E-state index in [4.69, 9.17) is 4.74 Å². The van der Waals surface area contributed by atoms with Crippen LogP contribution >= 0.6 is 0 Å². The Morgan fingerprint density at radius 3 is 2.56 bits per heavy atom. The first-order chi connectivity index (χ1) is 12.0. The van der Waals surface area contributed by atoms with Crippen LogP contribution in [0.1, 0.15) is 19.8 Å². The summed E-state index contributed by atoms with van der Waals surface area (Å²) < 4.78 is 5.34. The van der Waals surface area contributed by atoms with Gasteiger partial charge in [-0.05, 0) is 64.0 Å². The first kappa shape index (κ1) is 19.5. The minimum absolute atomic E-state index is 0.140. The molecule has 0 radical (unpaired) electrons. The molecule has 0 aliphatic carbocycles. The number of hydrogen-bond donors (Lipinski definition) is 1. The Bertz CT molecular complexity index is 549. The van der Waals surface area contributed by atoms with Crippen molar-refractivity contribution in [1.29, 1.82) is 0 Å². The molecule has 2 rings (SSSR count). The molecule has 5 nitrogen and oxygen atoms in total. The second-order valence-corrected chi connectivity index (χ2v) is 6.99. The third kappa shape index (κ3) is 6.18. The molecule has 25 heavy (non-hydrogen) atoms. The summed E-state index contributed by atoms with van der Waals surface area (Å²) in [6, 6.07) is 8.08. The van der Waals surface area contributed by atoms with E-state index in [-0.39, 0.29) is 5.91 Å². The van der Waals surface area contributed by atoms with Crippen molar-refractivity contribution in [3.05, 3.63) is 36.9 Å². The molecular formula is C20H31N3O2. The van der Waals surface area contributed by atoms with Crippen LogP contribution in [0.5, 0.6) is 0 Å². The first-order valence-electron chi connectivity index (χ1n) is 9.02. The summed E-state index contributed by atoms with van der Waals surface area (Å²) in [6.07, 6.45) is 3.61. The predicted molar refractivity (Wildman–Crippen MR) is 104 cm³/mol. The zero-order chi connectivity index (χ0) is 18.2. The molecule has 1 aromatic carbocycles. The molecule has 1 atom stereocenters. The number of rotatable bonds is 8. The molecule has 0 spiro atoms. The second-order valence-electron chi connectivity index (χ2n) is 6.99. The van der Waals surface area contributed by atoms with Gasteiger partial charge in [-0.2, -0.15) is 0 Å². The number of nitrogens with zero attached hydrogens (tertiary/aromatic N) is 2.